The van der Waals surface area contributed by atoms with Crippen LogP contribution in [0.15, 0.2) is 12.4 Å². The highest BCUT2D eigenvalue weighted by atomic mass is 15.0. The molecule has 0 saturated carbocycles. The second-order valence-corrected chi connectivity index (χ2v) is 4.72. The lowest BCUT2D eigenvalue weighted by Gasteiger charge is -2.23. The van der Waals surface area contributed by atoms with Gasteiger partial charge in [0.25, 0.3) is 0 Å². The summed E-state index contributed by atoms with van der Waals surface area (Å²) < 4.78 is 0. The summed E-state index contributed by atoms with van der Waals surface area (Å²) in [5.74, 6) is 1.82. The summed E-state index contributed by atoms with van der Waals surface area (Å²) in [5.41, 5.74) is 0. The normalized spacial score (nSPS) is 17.0. The molecule has 0 aliphatic rings. The summed E-state index contributed by atoms with van der Waals surface area (Å²) in [6, 6.07) is 0.902. The molecule has 3 unspecified atom stereocenters. The van der Waals surface area contributed by atoms with Crippen molar-refractivity contribution in [3.63, 3.8) is 0 Å². The zero-order valence-corrected chi connectivity index (χ0v) is 11.0. The van der Waals surface area contributed by atoms with Crippen LogP contribution < -0.4 is 5.32 Å². The van der Waals surface area contributed by atoms with Crippen molar-refractivity contribution in [3.8, 4) is 0 Å². The quantitative estimate of drug-likeness (QED) is 0.745. The predicted octanol–water partition coefficient (Wildman–Crippen LogP) is 3.28. The van der Waals surface area contributed by atoms with Crippen LogP contribution in [-0.4, -0.2) is 16.0 Å². The second kappa shape index (κ2) is 6.69. The number of hydrogen-bond donors (Lipinski definition) is 2. The minimum Gasteiger partial charge on any atom is -0.347 e. The maximum atomic E-state index is 4.28. The third-order valence-electron chi connectivity index (χ3n) is 3.29. The highest BCUT2D eigenvalue weighted by molar-refractivity contribution is 4.94. The van der Waals surface area contributed by atoms with Crippen molar-refractivity contribution in [2.24, 2.45) is 5.92 Å². The van der Waals surface area contributed by atoms with Crippen molar-refractivity contribution in [2.75, 3.05) is 0 Å². The standard InChI is InChI=1S/C13H25N3/c1-5-10(3)9-12(6-2)16-11(4)13-14-7-8-15-13/h7-8,10-12,16H,5-6,9H2,1-4H3,(H,14,15). The molecule has 1 aromatic heterocycles. The van der Waals surface area contributed by atoms with Crippen LogP contribution in [0.2, 0.25) is 0 Å². The fraction of sp³-hybridized carbons (Fsp3) is 0.769. The van der Waals surface area contributed by atoms with Crippen molar-refractivity contribution in [1.29, 1.82) is 0 Å². The van der Waals surface area contributed by atoms with Gasteiger partial charge < -0.3 is 10.3 Å². The van der Waals surface area contributed by atoms with Gasteiger partial charge in [-0.25, -0.2) is 4.98 Å². The van der Waals surface area contributed by atoms with Crippen LogP contribution in [-0.2, 0) is 0 Å². The van der Waals surface area contributed by atoms with Crippen LogP contribution in [0, 0.1) is 5.92 Å². The van der Waals surface area contributed by atoms with Crippen molar-refractivity contribution in [2.45, 2.75) is 59.0 Å². The smallest absolute Gasteiger partial charge is 0.122 e. The number of nitrogens with zero attached hydrogens (tertiary/aromatic N) is 1. The molecule has 3 nitrogen and oxygen atoms in total. The van der Waals surface area contributed by atoms with Gasteiger partial charge in [-0.05, 0) is 25.7 Å². The molecule has 0 radical (unpaired) electrons. The first kappa shape index (κ1) is 13.2. The molecule has 0 aliphatic heterocycles. The van der Waals surface area contributed by atoms with E-state index in [0.717, 1.165) is 11.7 Å². The predicted molar refractivity (Wildman–Crippen MR) is 68.3 cm³/mol. The van der Waals surface area contributed by atoms with E-state index in [1.54, 1.807) is 0 Å². The van der Waals surface area contributed by atoms with E-state index in [9.17, 15) is 0 Å². The van der Waals surface area contributed by atoms with Gasteiger partial charge in [-0.3, -0.25) is 0 Å². The van der Waals surface area contributed by atoms with Crippen LogP contribution in [0.1, 0.15) is 58.8 Å². The Morgan fingerprint density at radius 1 is 1.31 bits per heavy atom. The van der Waals surface area contributed by atoms with Crippen LogP contribution in [0.3, 0.4) is 0 Å². The molecule has 1 rings (SSSR count). The van der Waals surface area contributed by atoms with Crippen molar-refractivity contribution in [1.82, 2.24) is 15.3 Å². The van der Waals surface area contributed by atoms with Gasteiger partial charge in [0.2, 0.25) is 0 Å². The molecule has 1 heterocycles. The molecule has 0 aliphatic carbocycles. The molecule has 3 atom stereocenters. The maximum absolute atomic E-state index is 4.28. The van der Waals surface area contributed by atoms with Gasteiger partial charge in [0.1, 0.15) is 5.82 Å². The second-order valence-electron chi connectivity index (χ2n) is 4.72. The first-order valence-corrected chi connectivity index (χ1v) is 6.42. The van der Waals surface area contributed by atoms with Crippen LogP contribution in [0.5, 0.6) is 0 Å². The highest BCUT2D eigenvalue weighted by Gasteiger charge is 2.15. The average molecular weight is 223 g/mol. The minimum absolute atomic E-state index is 0.309. The summed E-state index contributed by atoms with van der Waals surface area (Å²) in [6.45, 7) is 8.99. The van der Waals surface area contributed by atoms with Crippen molar-refractivity contribution < 1.29 is 0 Å². The first-order valence-electron chi connectivity index (χ1n) is 6.42. The van der Waals surface area contributed by atoms with E-state index in [-0.39, 0.29) is 0 Å². The zero-order chi connectivity index (χ0) is 12.0. The first-order chi connectivity index (χ1) is 7.67. The molecule has 16 heavy (non-hydrogen) atoms. The lowest BCUT2D eigenvalue weighted by atomic mass is 9.97. The van der Waals surface area contributed by atoms with Crippen LogP contribution in [0.25, 0.3) is 0 Å². The molecule has 0 bridgehead atoms. The Morgan fingerprint density at radius 2 is 2.06 bits per heavy atom. The fourth-order valence-electron chi connectivity index (χ4n) is 1.95. The minimum atomic E-state index is 0.309. The highest BCUT2D eigenvalue weighted by Crippen LogP contribution is 2.15. The Kier molecular flexibility index (Phi) is 5.53. The summed E-state index contributed by atoms with van der Waals surface area (Å²) in [6.07, 6.45) is 7.37. The van der Waals surface area contributed by atoms with Gasteiger partial charge in [-0.2, -0.15) is 0 Å². The Morgan fingerprint density at radius 3 is 2.56 bits per heavy atom. The summed E-state index contributed by atoms with van der Waals surface area (Å²) in [4.78, 5) is 7.44. The topological polar surface area (TPSA) is 40.7 Å². The van der Waals surface area contributed by atoms with Crippen molar-refractivity contribution in [3.05, 3.63) is 18.2 Å². The van der Waals surface area contributed by atoms with Crippen LogP contribution in [0.4, 0.5) is 0 Å². The Labute approximate surface area is 99.1 Å². The van der Waals surface area contributed by atoms with Crippen LogP contribution >= 0.6 is 0 Å². The van der Waals surface area contributed by atoms with E-state index >= 15 is 0 Å². The van der Waals surface area contributed by atoms with Crippen molar-refractivity contribution >= 4 is 0 Å². The number of H-pyrrole nitrogens is 1. The van der Waals surface area contributed by atoms with Gasteiger partial charge in [0.15, 0.2) is 0 Å². The number of rotatable bonds is 7. The largest absolute Gasteiger partial charge is 0.347 e. The molecular weight excluding hydrogens is 198 g/mol. The molecular formula is C13H25N3. The molecule has 3 heteroatoms. The lowest BCUT2D eigenvalue weighted by Crippen LogP contribution is -2.33. The number of nitrogens with one attached hydrogen (secondary N) is 2. The monoisotopic (exact) mass is 223 g/mol. The van der Waals surface area contributed by atoms with E-state index < -0.39 is 0 Å². The molecule has 2 N–H and O–H groups in total. The van der Waals surface area contributed by atoms with Gasteiger partial charge >= 0.3 is 0 Å². The van der Waals surface area contributed by atoms with Gasteiger partial charge in [0, 0.05) is 18.4 Å². The summed E-state index contributed by atoms with van der Waals surface area (Å²) >= 11 is 0. The fourth-order valence-corrected chi connectivity index (χ4v) is 1.95. The van der Waals surface area contributed by atoms with Gasteiger partial charge in [0.05, 0.1) is 6.04 Å². The molecule has 0 spiro atoms. The number of hydrogen-bond acceptors (Lipinski definition) is 2. The molecule has 1 aromatic rings. The Hall–Kier alpha value is -0.830. The third-order valence-corrected chi connectivity index (χ3v) is 3.29. The van der Waals surface area contributed by atoms with E-state index in [2.05, 4.69) is 43.0 Å². The lowest BCUT2D eigenvalue weighted by molar-refractivity contribution is 0.354. The van der Waals surface area contributed by atoms with E-state index in [0.29, 0.717) is 12.1 Å². The van der Waals surface area contributed by atoms with E-state index in [1.807, 2.05) is 12.4 Å². The Bertz CT molecular complexity index is 269. The van der Waals surface area contributed by atoms with E-state index in [1.165, 1.54) is 19.3 Å². The maximum Gasteiger partial charge on any atom is 0.122 e. The number of aromatic amines is 1. The van der Waals surface area contributed by atoms with E-state index in [4.69, 9.17) is 0 Å². The SMILES string of the molecule is CCC(C)CC(CC)NC(C)c1ncc[nH]1. The number of imidazole rings is 1. The van der Waals surface area contributed by atoms with Gasteiger partial charge in [-0.15, -0.1) is 0 Å². The average Bonchev–Trinajstić information content (AvgIpc) is 2.81. The molecule has 0 amide bonds. The molecule has 0 saturated heterocycles. The number of aromatic nitrogens is 2. The third kappa shape index (κ3) is 3.97. The zero-order valence-electron chi connectivity index (χ0n) is 11.0. The molecule has 0 fully saturated rings. The van der Waals surface area contributed by atoms with Gasteiger partial charge in [-0.1, -0.05) is 27.2 Å². The summed E-state index contributed by atoms with van der Waals surface area (Å²) in [5, 5.41) is 3.64. The Balaban J connectivity index is 2.43. The summed E-state index contributed by atoms with van der Waals surface area (Å²) in [7, 11) is 0. The molecule has 92 valence electrons. The molecule has 0 aromatic carbocycles.